The van der Waals surface area contributed by atoms with Crippen LogP contribution >= 0.6 is 15.9 Å². The van der Waals surface area contributed by atoms with E-state index in [-0.39, 0.29) is 5.69 Å². The Morgan fingerprint density at radius 2 is 2.25 bits per heavy atom. The van der Waals surface area contributed by atoms with Gasteiger partial charge in [-0.15, -0.1) is 0 Å². The van der Waals surface area contributed by atoms with Gasteiger partial charge >= 0.3 is 0 Å². The molecule has 0 aliphatic heterocycles. The lowest BCUT2D eigenvalue weighted by atomic mass is 10.2. The first-order valence-electron chi connectivity index (χ1n) is 3.32. The Bertz CT molecular complexity index is 323. The van der Waals surface area contributed by atoms with Crippen LogP contribution in [-0.4, -0.2) is 13.3 Å². The van der Waals surface area contributed by atoms with E-state index in [1.54, 1.807) is 13.1 Å². The zero-order valence-corrected chi connectivity index (χ0v) is 8.10. The van der Waals surface area contributed by atoms with E-state index in [0.717, 1.165) is 4.47 Å². The van der Waals surface area contributed by atoms with Gasteiger partial charge in [0.05, 0.1) is 5.69 Å². The molecular weight excluding hydrogens is 223 g/mol. The number of anilines is 1. The van der Waals surface area contributed by atoms with Crippen LogP contribution in [0.2, 0.25) is 0 Å². The molecule has 1 aromatic carbocycles. The number of nitrogen functional groups attached to an aromatic ring is 1. The number of hydrogen-bond donors (Lipinski definition) is 1. The molecule has 0 radical (unpaired) electrons. The Hall–Kier alpha value is -0.900. The number of nitrogens with zero attached hydrogens (tertiary/aromatic N) is 1. The van der Waals surface area contributed by atoms with Crippen LogP contribution in [0.4, 0.5) is 10.1 Å². The van der Waals surface area contributed by atoms with Crippen LogP contribution in [0.15, 0.2) is 21.6 Å². The summed E-state index contributed by atoms with van der Waals surface area (Å²) in [7, 11) is 1.61. The first-order chi connectivity index (χ1) is 5.66. The molecule has 12 heavy (non-hydrogen) atoms. The normalized spacial score (nSPS) is 10.9. The molecule has 0 saturated heterocycles. The molecule has 0 spiro atoms. The van der Waals surface area contributed by atoms with Gasteiger partial charge in [-0.2, -0.15) is 0 Å². The number of rotatable bonds is 1. The molecule has 0 atom stereocenters. The van der Waals surface area contributed by atoms with Crippen LogP contribution in [0.1, 0.15) is 5.56 Å². The van der Waals surface area contributed by atoms with Crippen molar-refractivity contribution in [2.45, 2.75) is 0 Å². The maximum Gasteiger partial charge on any atom is 0.146 e. The zero-order valence-electron chi connectivity index (χ0n) is 6.51. The average molecular weight is 231 g/mol. The molecular formula is C8H8BrFN2. The predicted octanol–water partition coefficient (Wildman–Crippen LogP) is 2.22. The standard InChI is InChI=1S/C8H8BrFN2/c1-12-4-5-6(9)2-3-7(10)8(5)11/h2-4H,11H2,1H3. The van der Waals surface area contributed by atoms with Crippen LogP contribution < -0.4 is 5.73 Å². The second-order valence-corrected chi connectivity index (χ2v) is 3.10. The van der Waals surface area contributed by atoms with E-state index in [9.17, 15) is 4.39 Å². The van der Waals surface area contributed by atoms with Crippen LogP contribution in [0.3, 0.4) is 0 Å². The topological polar surface area (TPSA) is 38.4 Å². The Kier molecular flexibility index (Phi) is 2.81. The highest BCUT2D eigenvalue weighted by Crippen LogP contribution is 2.23. The molecule has 0 aliphatic carbocycles. The van der Waals surface area contributed by atoms with Crippen LogP contribution in [-0.2, 0) is 0 Å². The quantitative estimate of drug-likeness (QED) is 0.584. The Morgan fingerprint density at radius 3 is 2.83 bits per heavy atom. The summed E-state index contributed by atoms with van der Waals surface area (Å²) in [4.78, 5) is 3.77. The number of nitrogens with two attached hydrogens (primary N) is 1. The molecule has 1 rings (SSSR count). The van der Waals surface area contributed by atoms with E-state index in [0.29, 0.717) is 5.56 Å². The summed E-state index contributed by atoms with van der Waals surface area (Å²) in [5.74, 6) is -0.423. The minimum absolute atomic E-state index is 0.120. The SMILES string of the molecule is CN=Cc1c(Br)ccc(F)c1N. The maximum absolute atomic E-state index is 12.9. The monoisotopic (exact) mass is 230 g/mol. The molecule has 0 unspecified atom stereocenters. The highest BCUT2D eigenvalue weighted by atomic mass is 79.9. The van der Waals surface area contributed by atoms with Gasteiger partial charge in [-0.3, -0.25) is 4.99 Å². The summed E-state index contributed by atoms with van der Waals surface area (Å²) >= 11 is 3.24. The van der Waals surface area contributed by atoms with Crippen molar-refractivity contribution < 1.29 is 4.39 Å². The van der Waals surface area contributed by atoms with Gasteiger partial charge in [-0.1, -0.05) is 15.9 Å². The van der Waals surface area contributed by atoms with E-state index in [1.165, 1.54) is 12.3 Å². The van der Waals surface area contributed by atoms with Crippen LogP contribution in [0.5, 0.6) is 0 Å². The van der Waals surface area contributed by atoms with Gasteiger partial charge in [0.2, 0.25) is 0 Å². The molecule has 2 nitrogen and oxygen atoms in total. The second kappa shape index (κ2) is 3.67. The third-order valence-corrected chi connectivity index (χ3v) is 2.13. The first kappa shape index (κ1) is 9.19. The van der Waals surface area contributed by atoms with Gasteiger partial charge < -0.3 is 5.73 Å². The molecule has 1 aromatic rings. The fraction of sp³-hybridized carbons (Fsp3) is 0.125. The lowest BCUT2D eigenvalue weighted by Gasteiger charge is -2.02. The van der Waals surface area contributed by atoms with Gasteiger partial charge in [-0.05, 0) is 12.1 Å². The average Bonchev–Trinajstić information content (AvgIpc) is 2.06. The highest BCUT2D eigenvalue weighted by Gasteiger charge is 2.05. The lowest BCUT2D eigenvalue weighted by Crippen LogP contribution is -1.97. The molecule has 0 aromatic heterocycles. The third kappa shape index (κ3) is 1.64. The van der Waals surface area contributed by atoms with Crippen molar-refractivity contribution in [2.75, 3.05) is 12.8 Å². The smallest absolute Gasteiger partial charge is 0.146 e. The summed E-state index contributed by atoms with van der Waals surface area (Å²) in [5, 5.41) is 0. The fourth-order valence-electron chi connectivity index (χ4n) is 0.843. The van der Waals surface area contributed by atoms with Crippen LogP contribution in [0.25, 0.3) is 0 Å². The van der Waals surface area contributed by atoms with Gasteiger partial charge in [0.25, 0.3) is 0 Å². The molecule has 4 heteroatoms. The summed E-state index contributed by atoms with van der Waals surface area (Å²) in [6.45, 7) is 0. The van der Waals surface area contributed by atoms with Crippen molar-refractivity contribution in [1.29, 1.82) is 0 Å². The van der Waals surface area contributed by atoms with Gasteiger partial charge in [-0.25, -0.2) is 4.39 Å². The van der Waals surface area contributed by atoms with Crippen molar-refractivity contribution >= 4 is 27.8 Å². The number of halogens is 2. The Labute approximate surface area is 78.4 Å². The van der Waals surface area contributed by atoms with Crippen molar-refractivity contribution in [1.82, 2.24) is 0 Å². The molecule has 64 valence electrons. The van der Waals surface area contributed by atoms with E-state index in [4.69, 9.17) is 5.73 Å². The summed E-state index contributed by atoms with van der Waals surface area (Å²) in [6.07, 6.45) is 1.52. The van der Waals surface area contributed by atoms with E-state index in [1.807, 2.05) is 0 Å². The zero-order chi connectivity index (χ0) is 9.14. The van der Waals surface area contributed by atoms with Gasteiger partial charge in [0.1, 0.15) is 5.82 Å². The highest BCUT2D eigenvalue weighted by molar-refractivity contribution is 9.10. The number of benzene rings is 1. The van der Waals surface area contributed by atoms with E-state index < -0.39 is 5.82 Å². The van der Waals surface area contributed by atoms with Crippen molar-refractivity contribution in [2.24, 2.45) is 4.99 Å². The Balaban J connectivity index is 3.32. The van der Waals surface area contributed by atoms with Crippen molar-refractivity contribution in [3.8, 4) is 0 Å². The number of hydrogen-bond acceptors (Lipinski definition) is 2. The fourth-order valence-corrected chi connectivity index (χ4v) is 1.29. The molecule has 0 fully saturated rings. The Morgan fingerprint density at radius 1 is 1.58 bits per heavy atom. The van der Waals surface area contributed by atoms with Gasteiger partial charge in [0.15, 0.2) is 0 Å². The van der Waals surface area contributed by atoms with Crippen molar-refractivity contribution in [3.05, 3.63) is 28.0 Å². The molecule has 2 N–H and O–H groups in total. The maximum atomic E-state index is 12.9. The minimum Gasteiger partial charge on any atom is -0.396 e. The minimum atomic E-state index is -0.423. The summed E-state index contributed by atoms with van der Waals surface area (Å²) < 4.78 is 13.6. The van der Waals surface area contributed by atoms with E-state index in [2.05, 4.69) is 20.9 Å². The summed E-state index contributed by atoms with van der Waals surface area (Å²) in [6, 6.07) is 2.91. The van der Waals surface area contributed by atoms with Gasteiger partial charge in [0, 0.05) is 23.3 Å². The third-order valence-electron chi connectivity index (χ3n) is 1.44. The first-order valence-corrected chi connectivity index (χ1v) is 4.11. The molecule has 0 bridgehead atoms. The van der Waals surface area contributed by atoms with Crippen molar-refractivity contribution in [3.63, 3.8) is 0 Å². The second-order valence-electron chi connectivity index (χ2n) is 2.24. The number of aliphatic imine (C=N–C) groups is 1. The summed E-state index contributed by atoms with van der Waals surface area (Å²) in [5.41, 5.74) is 6.17. The molecule has 0 heterocycles. The largest absolute Gasteiger partial charge is 0.396 e. The van der Waals surface area contributed by atoms with E-state index >= 15 is 0 Å². The molecule has 0 amide bonds. The van der Waals surface area contributed by atoms with Crippen LogP contribution in [0, 0.1) is 5.82 Å². The molecule has 0 aliphatic rings. The predicted molar refractivity (Wildman–Crippen MR) is 52.0 cm³/mol. The molecule has 0 saturated carbocycles. The lowest BCUT2D eigenvalue weighted by molar-refractivity contribution is 0.632.